The first-order valence-electron chi connectivity index (χ1n) is 8.46. The fraction of sp³-hybridized carbons (Fsp3) is 0.625. The Hall–Kier alpha value is -1.71. The second-order valence-corrected chi connectivity index (χ2v) is 9.60. The van der Waals surface area contributed by atoms with Gasteiger partial charge in [0.2, 0.25) is 10.0 Å². The van der Waals surface area contributed by atoms with Crippen molar-refractivity contribution in [3.8, 4) is 0 Å². The van der Waals surface area contributed by atoms with Crippen LogP contribution in [0.1, 0.15) is 19.8 Å². The summed E-state index contributed by atoms with van der Waals surface area (Å²) in [5.74, 6) is 1.19. The van der Waals surface area contributed by atoms with Gasteiger partial charge in [-0.2, -0.15) is 4.31 Å². The molecule has 0 bridgehead atoms. The first-order valence-corrected chi connectivity index (χ1v) is 10.1. The summed E-state index contributed by atoms with van der Waals surface area (Å²) in [6.07, 6.45) is 5.04. The molecule has 1 saturated carbocycles. The number of hydrogen-bond acceptors (Lipinski definition) is 6. The van der Waals surface area contributed by atoms with E-state index in [4.69, 9.17) is 0 Å². The smallest absolute Gasteiger partial charge is 0.214 e. The Labute approximate surface area is 146 Å². The molecule has 0 radical (unpaired) electrons. The molecule has 0 aromatic carbocycles. The predicted molar refractivity (Wildman–Crippen MR) is 94.8 cm³/mol. The summed E-state index contributed by atoms with van der Waals surface area (Å²) in [6.45, 7) is 2.08. The molecule has 0 spiro atoms. The van der Waals surface area contributed by atoms with Crippen molar-refractivity contribution in [3.05, 3.63) is 18.6 Å². The third-order valence-electron chi connectivity index (χ3n) is 5.30. The summed E-state index contributed by atoms with van der Waals surface area (Å²) in [5.41, 5.74) is -0.0650. The second-order valence-electron chi connectivity index (χ2n) is 7.58. The first kappa shape index (κ1) is 16.7. The molecule has 2 fully saturated rings. The third-order valence-corrected chi connectivity index (χ3v) is 7.24. The molecule has 9 heteroatoms. The molecule has 0 amide bonds. The van der Waals surface area contributed by atoms with Crippen molar-refractivity contribution in [1.29, 1.82) is 0 Å². The Morgan fingerprint density at radius 3 is 2.80 bits per heavy atom. The lowest BCUT2D eigenvalue weighted by Crippen LogP contribution is -2.62. The highest BCUT2D eigenvalue weighted by Crippen LogP contribution is 2.37. The molecule has 2 aromatic heterocycles. The van der Waals surface area contributed by atoms with E-state index in [9.17, 15) is 13.5 Å². The Morgan fingerprint density at radius 1 is 1.40 bits per heavy atom. The van der Waals surface area contributed by atoms with Crippen molar-refractivity contribution in [2.75, 3.05) is 30.8 Å². The number of aliphatic hydroxyl groups is 1. The maximum Gasteiger partial charge on any atom is 0.214 e. The number of aromatic nitrogens is 3. The number of hydrogen-bond donors (Lipinski definition) is 2. The van der Waals surface area contributed by atoms with Gasteiger partial charge in [-0.3, -0.25) is 0 Å². The van der Waals surface area contributed by atoms with E-state index in [1.807, 2.05) is 19.3 Å². The van der Waals surface area contributed by atoms with Crippen LogP contribution in [0.15, 0.2) is 18.6 Å². The fourth-order valence-electron chi connectivity index (χ4n) is 3.78. The van der Waals surface area contributed by atoms with Crippen LogP contribution in [0.3, 0.4) is 0 Å². The summed E-state index contributed by atoms with van der Waals surface area (Å²) < 4.78 is 26.1. The van der Waals surface area contributed by atoms with Crippen molar-refractivity contribution in [2.24, 2.45) is 5.92 Å². The molecule has 1 saturated heterocycles. The number of β-amino-alcohol motifs (C(OH)–C–C–N with tert-alkyl or cyclic N) is 1. The fourth-order valence-corrected chi connectivity index (χ4v) is 5.81. The molecule has 3 heterocycles. The topological polar surface area (TPSA) is 102 Å². The van der Waals surface area contributed by atoms with Crippen LogP contribution < -0.4 is 4.90 Å². The summed E-state index contributed by atoms with van der Waals surface area (Å²) in [6, 6.07) is 2.24. The van der Waals surface area contributed by atoms with Crippen molar-refractivity contribution in [3.63, 3.8) is 0 Å². The van der Waals surface area contributed by atoms with E-state index >= 15 is 0 Å². The van der Waals surface area contributed by atoms with Gasteiger partial charge in [-0.25, -0.2) is 18.4 Å². The Morgan fingerprint density at radius 2 is 2.12 bits per heavy atom. The maximum absolute atomic E-state index is 12.4. The highest BCUT2D eigenvalue weighted by Gasteiger charge is 2.45. The van der Waals surface area contributed by atoms with E-state index in [1.165, 1.54) is 4.31 Å². The van der Waals surface area contributed by atoms with E-state index in [1.54, 1.807) is 13.3 Å². The minimum Gasteiger partial charge on any atom is -0.387 e. The zero-order valence-corrected chi connectivity index (χ0v) is 15.2. The van der Waals surface area contributed by atoms with Crippen LogP contribution in [0.25, 0.3) is 11.0 Å². The Balaban J connectivity index is 1.37. The molecule has 1 aliphatic heterocycles. The van der Waals surface area contributed by atoms with Crippen molar-refractivity contribution >= 4 is 26.9 Å². The average molecular weight is 365 g/mol. The van der Waals surface area contributed by atoms with Crippen LogP contribution in [0.2, 0.25) is 0 Å². The summed E-state index contributed by atoms with van der Waals surface area (Å²) in [5, 5.41) is 10.7. The molecule has 2 aliphatic rings. The van der Waals surface area contributed by atoms with Crippen LogP contribution in [0.5, 0.6) is 0 Å². The number of rotatable bonds is 5. The minimum absolute atomic E-state index is 0.159. The summed E-state index contributed by atoms with van der Waals surface area (Å²) in [7, 11) is -1.27. The molecule has 4 rings (SSSR count). The van der Waals surface area contributed by atoms with Gasteiger partial charge in [0.05, 0.1) is 16.7 Å². The number of nitrogens with one attached hydrogen (secondary N) is 1. The van der Waals surface area contributed by atoms with Crippen LogP contribution in [0, 0.1) is 5.92 Å². The number of sulfonamides is 1. The highest BCUT2D eigenvalue weighted by atomic mass is 32.2. The number of nitrogens with zero attached hydrogens (tertiary/aromatic N) is 4. The molecule has 25 heavy (non-hydrogen) atoms. The van der Waals surface area contributed by atoms with E-state index in [2.05, 4.69) is 19.9 Å². The number of anilines is 1. The van der Waals surface area contributed by atoms with Crippen molar-refractivity contribution < 1.29 is 13.5 Å². The van der Waals surface area contributed by atoms with Crippen LogP contribution >= 0.6 is 0 Å². The van der Waals surface area contributed by atoms with Gasteiger partial charge >= 0.3 is 0 Å². The van der Waals surface area contributed by atoms with E-state index in [-0.39, 0.29) is 30.8 Å². The Bertz CT molecular complexity index is 880. The molecule has 0 unspecified atom stereocenters. The lowest BCUT2D eigenvalue weighted by Gasteiger charge is -2.46. The Kier molecular flexibility index (Phi) is 3.78. The molecular formula is C16H23N5O3S. The third kappa shape index (κ3) is 3.00. The molecule has 8 nitrogen and oxygen atoms in total. The number of H-pyrrole nitrogens is 1. The summed E-state index contributed by atoms with van der Waals surface area (Å²) >= 11 is 0. The van der Waals surface area contributed by atoms with Gasteiger partial charge in [0.15, 0.2) is 0 Å². The monoisotopic (exact) mass is 365 g/mol. The van der Waals surface area contributed by atoms with Crippen LogP contribution in [0.4, 0.5) is 5.82 Å². The molecule has 2 aromatic rings. The first-order chi connectivity index (χ1) is 11.8. The highest BCUT2D eigenvalue weighted by molar-refractivity contribution is 7.89. The molecule has 1 aliphatic carbocycles. The minimum atomic E-state index is -3.27. The summed E-state index contributed by atoms with van der Waals surface area (Å²) in [4.78, 5) is 13.8. The number of aromatic amines is 1. The normalized spacial score (nSPS) is 26.2. The van der Waals surface area contributed by atoms with E-state index in [0.29, 0.717) is 0 Å². The van der Waals surface area contributed by atoms with Gasteiger partial charge in [-0.1, -0.05) is 0 Å². The van der Waals surface area contributed by atoms with E-state index < -0.39 is 15.6 Å². The van der Waals surface area contributed by atoms with Crippen LogP contribution in [-0.4, -0.2) is 70.3 Å². The second kappa shape index (κ2) is 5.65. The largest absolute Gasteiger partial charge is 0.387 e. The van der Waals surface area contributed by atoms with Crippen molar-refractivity contribution in [2.45, 2.75) is 31.4 Å². The van der Waals surface area contributed by atoms with Crippen LogP contribution in [-0.2, 0) is 10.0 Å². The van der Waals surface area contributed by atoms with Gasteiger partial charge in [0, 0.05) is 32.4 Å². The van der Waals surface area contributed by atoms with Crippen molar-refractivity contribution in [1.82, 2.24) is 19.3 Å². The quantitative estimate of drug-likeness (QED) is 0.803. The van der Waals surface area contributed by atoms with Gasteiger partial charge in [0.25, 0.3) is 0 Å². The molecular weight excluding hydrogens is 342 g/mol. The lowest BCUT2D eigenvalue weighted by atomic mass is 9.81. The van der Waals surface area contributed by atoms with Gasteiger partial charge in [-0.15, -0.1) is 0 Å². The van der Waals surface area contributed by atoms with Gasteiger partial charge in [0.1, 0.15) is 17.8 Å². The van der Waals surface area contributed by atoms with Gasteiger partial charge < -0.3 is 15.0 Å². The van der Waals surface area contributed by atoms with Gasteiger partial charge in [-0.05, 0) is 31.7 Å². The molecule has 0 atom stereocenters. The average Bonchev–Trinajstić information content (AvgIpc) is 2.95. The predicted octanol–water partition coefficient (Wildman–Crippen LogP) is 0.569. The molecule has 136 valence electrons. The molecule has 2 N–H and O–H groups in total. The van der Waals surface area contributed by atoms with E-state index in [0.717, 1.165) is 29.7 Å². The lowest BCUT2D eigenvalue weighted by molar-refractivity contribution is -0.0428. The number of fused-ring (bicyclic) bond motifs is 1. The standard InChI is InChI=1S/C16H23N5O3S/c1-16(22)8-21(9-16)25(23,24)7-11-5-12(6-11)20(2)15-13-3-4-17-14(13)18-10-19-15/h3-4,10-12,22H,5-9H2,1-2H3,(H,17,18,19). The zero-order valence-electron chi connectivity index (χ0n) is 14.4. The SMILES string of the molecule is CN(c1ncnc2[nH]ccc12)C1CC(CS(=O)(=O)N2CC(C)(O)C2)C1. The zero-order chi connectivity index (χ0) is 17.8. The maximum atomic E-state index is 12.4.